The fourth-order valence-electron chi connectivity index (χ4n) is 1.95. The minimum atomic E-state index is -0.690. The van der Waals surface area contributed by atoms with Gasteiger partial charge in [-0.1, -0.05) is 35.9 Å². The molecule has 4 nitrogen and oxygen atoms in total. The minimum Gasteiger partial charge on any atom is -0.496 e. The van der Waals surface area contributed by atoms with Gasteiger partial charge in [0.25, 0.3) is 0 Å². The zero-order chi connectivity index (χ0) is 14.5. The van der Waals surface area contributed by atoms with Crippen LogP contribution in [0.25, 0.3) is 0 Å². The fourth-order valence-corrected chi connectivity index (χ4v) is 2.14. The molecule has 0 heterocycles. The first-order valence-electron chi connectivity index (χ1n) is 6.06. The Balaban J connectivity index is 2.34. The first kappa shape index (κ1) is 14.2. The molecular weight excluding hydrogens is 276 g/mol. The summed E-state index contributed by atoms with van der Waals surface area (Å²) in [7, 11) is 1.55. The highest BCUT2D eigenvalue weighted by Crippen LogP contribution is 2.28. The maximum Gasteiger partial charge on any atom is 0.244 e. The van der Waals surface area contributed by atoms with E-state index in [2.05, 4.69) is 5.32 Å². The van der Waals surface area contributed by atoms with Crippen molar-refractivity contribution in [2.45, 2.75) is 6.04 Å². The second kappa shape index (κ2) is 6.30. The molecule has 20 heavy (non-hydrogen) atoms. The molecule has 0 radical (unpaired) electrons. The molecule has 1 amide bonds. The average Bonchev–Trinajstić information content (AvgIpc) is 2.44. The number of amides is 1. The zero-order valence-electron chi connectivity index (χ0n) is 11.0. The van der Waals surface area contributed by atoms with Crippen molar-refractivity contribution >= 4 is 23.2 Å². The quantitative estimate of drug-likeness (QED) is 0.890. The van der Waals surface area contributed by atoms with Gasteiger partial charge in [0.1, 0.15) is 11.8 Å². The molecule has 104 valence electrons. The van der Waals surface area contributed by atoms with Crippen molar-refractivity contribution in [2.75, 3.05) is 12.4 Å². The Kier molecular flexibility index (Phi) is 4.48. The topological polar surface area (TPSA) is 64.3 Å². The first-order valence-corrected chi connectivity index (χ1v) is 6.44. The molecule has 0 aliphatic rings. The Morgan fingerprint density at radius 1 is 1.25 bits per heavy atom. The van der Waals surface area contributed by atoms with Gasteiger partial charge in [0.2, 0.25) is 5.91 Å². The van der Waals surface area contributed by atoms with Crippen LogP contribution in [-0.2, 0) is 4.79 Å². The molecule has 3 N–H and O–H groups in total. The van der Waals surface area contributed by atoms with Crippen LogP contribution in [0.3, 0.4) is 0 Å². The molecule has 0 aliphatic carbocycles. The van der Waals surface area contributed by atoms with Gasteiger partial charge in [0.05, 0.1) is 7.11 Å². The summed E-state index contributed by atoms with van der Waals surface area (Å²) >= 11 is 5.93. The molecule has 0 aromatic heterocycles. The Morgan fingerprint density at radius 2 is 2.00 bits per heavy atom. The second-order valence-corrected chi connectivity index (χ2v) is 4.67. The van der Waals surface area contributed by atoms with Gasteiger partial charge in [-0.15, -0.1) is 0 Å². The maximum atomic E-state index is 11.7. The summed E-state index contributed by atoms with van der Waals surface area (Å²) in [5.74, 6) is 0.111. The second-order valence-electron chi connectivity index (χ2n) is 4.23. The molecule has 0 saturated heterocycles. The van der Waals surface area contributed by atoms with Crippen molar-refractivity contribution < 1.29 is 9.53 Å². The molecule has 1 unspecified atom stereocenters. The number of primary amides is 1. The van der Waals surface area contributed by atoms with Crippen molar-refractivity contribution in [1.29, 1.82) is 0 Å². The number of carbonyl (C=O) groups is 1. The van der Waals surface area contributed by atoms with E-state index in [1.165, 1.54) is 0 Å². The molecule has 0 bridgehead atoms. The van der Waals surface area contributed by atoms with E-state index >= 15 is 0 Å². The van der Waals surface area contributed by atoms with Crippen molar-refractivity contribution in [2.24, 2.45) is 5.73 Å². The van der Waals surface area contributed by atoms with E-state index < -0.39 is 11.9 Å². The number of nitrogens with one attached hydrogen (secondary N) is 1. The molecule has 0 aliphatic heterocycles. The lowest BCUT2D eigenvalue weighted by molar-refractivity contribution is -0.118. The van der Waals surface area contributed by atoms with Gasteiger partial charge in [-0.2, -0.15) is 0 Å². The monoisotopic (exact) mass is 290 g/mol. The van der Waals surface area contributed by atoms with Crippen LogP contribution in [0.15, 0.2) is 48.5 Å². The standard InChI is InChI=1S/C15H15ClN2O2/c1-20-13-8-3-2-7-12(13)14(15(17)19)18-11-6-4-5-10(16)9-11/h2-9,14,18H,1H3,(H2,17,19). The van der Waals surface area contributed by atoms with Crippen LogP contribution in [-0.4, -0.2) is 13.0 Å². The van der Waals surface area contributed by atoms with Gasteiger partial charge < -0.3 is 15.8 Å². The number of benzene rings is 2. The van der Waals surface area contributed by atoms with E-state index in [0.29, 0.717) is 22.0 Å². The summed E-state index contributed by atoms with van der Waals surface area (Å²) < 4.78 is 5.26. The van der Waals surface area contributed by atoms with Crippen LogP contribution in [0.1, 0.15) is 11.6 Å². The largest absolute Gasteiger partial charge is 0.496 e. The number of carbonyl (C=O) groups excluding carboxylic acids is 1. The zero-order valence-corrected chi connectivity index (χ0v) is 11.7. The molecule has 2 aromatic carbocycles. The van der Waals surface area contributed by atoms with Gasteiger partial charge in [-0.05, 0) is 24.3 Å². The number of anilines is 1. The van der Waals surface area contributed by atoms with E-state index in [1.54, 1.807) is 37.4 Å². The molecular formula is C15H15ClN2O2. The van der Waals surface area contributed by atoms with E-state index in [1.807, 2.05) is 18.2 Å². The fraction of sp³-hybridized carbons (Fsp3) is 0.133. The number of ether oxygens (including phenoxy) is 1. The molecule has 0 fully saturated rings. The maximum absolute atomic E-state index is 11.7. The van der Waals surface area contributed by atoms with Crippen molar-refractivity contribution in [1.82, 2.24) is 0 Å². The van der Waals surface area contributed by atoms with Gasteiger partial charge in [0, 0.05) is 16.3 Å². The predicted octanol–water partition coefficient (Wildman–Crippen LogP) is 2.99. The van der Waals surface area contributed by atoms with E-state index in [0.717, 1.165) is 0 Å². The van der Waals surface area contributed by atoms with Crippen molar-refractivity contribution in [3.05, 3.63) is 59.1 Å². The lowest BCUT2D eigenvalue weighted by Crippen LogP contribution is -2.28. The highest BCUT2D eigenvalue weighted by Gasteiger charge is 2.21. The van der Waals surface area contributed by atoms with Crippen molar-refractivity contribution in [3.8, 4) is 5.75 Å². The number of rotatable bonds is 5. The molecule has 2 aromatic rings. The third-order valence-corrected chi connectivity index (χ3v) is 3.11. The number of hydrogen-bond acceptors (Lipinski definition) is 3. The number of methoxy groups -OCH3 is 1. The first-order chi connectivity index (χ1) is 9.61. The van der Waals surface area contributed by atoms with Crippen LogP contribution in [0.2, 0.25) is 5.02 Å². The lowest BCUT2D eigenvalue weighted by atomic mass is 10.0. The van der Waals surface area contributed by atoms with Crippen LogP contribution >= 0.6 is 11.6 Å². The third kappa shape index (κ3) is 3.22. The predicted molar refractivity (Wildman–Crippen MR) is 80.0 cm³/mol. The molecule has 1 atom stereocenters. The van der Waals surface area contributed by atoms with Crippen LogP contribution in [0.5, 0.6) is 5.75 Å². The highest BCUT2D eigenvalue weighted by atomic mass is 35.5. The lowest BCUT2D eigenvalue weighted by Gasteiger charge is -2.19. The van der Waals surface area contributed by atoms with E-state index in [4.69, 9.17) is 22.1 Å². The average molecular weight is 291 g/mol. The summed E-state index contributed by atoms with van der Waals surface area (Å²) in [5, 5.41) is 3.65. The third-order valence-electron chi connectivity index (χ3n) is 2.87. The number of halogens is 1. The normalized spacial score (nSPS) is 11.7. The van der Waals surface area contributed by atoms with Gasteiger partial charge in [0.15, 0.2) is 0 Å². The van der Waals surface area contributed by atoms with Crippen LogP contribution < -0.4 is 15.8 Å². The minimum absolute atomic E-state index is 0.491. The van der Waals surface area contributed by atoms with Gasteiger partial charge >= 0.3 is 0 Å². The smallest absolute Gasteiger partial charge is 0.244 e. The summed E-state index contributed by atoms with van der Waals surface area (Å²) in [4.78, 5) is 11.7. The summed E-state index contributed by atoms with van der Waals surface area (Å²) in [5.41, 5.74) is 6.89. The van der Waals surface area contributed by atoms with Crippen molar-refractivity contribution in [3.63, 3.8) is 0 Å². The molecule has 5 heteroatoms. The van der Waals surface area contributed by atoms with E-state index in [-0.39, 0.29) is 0 Å². The molecule has 0 saturated carbocycles. The van der Waals surface area contributed by atoms with Gasteiger partial charge in [-0.25, -0.2) is 0 Å². The SMILES string of the molecule is COc1ccccc1C(Nc1cccc(Cl)c1)C(N)=O. The Bertz CT molecular complexity index is 616. The number of para-hydroxylation sites is 1. The number of nitrogens with two attached hydrogens (primary N) is 1. The molecule has 2 rings (SSSR count). The number of hydrogen-bond donors (Lipinski definition) is 2. The summed E-state index contributed by atoms with van der Waals surface area (Å²) in [6.45, 7) is 0. The Labute approximate surface area is 122 Å². The van der Waals surface area contributed by atoms with E-state index in [9.17, 15) is 4.79 Å². The Hall–Kier alpha value is -2.20. The van der Waals surface area contributed by atoms with Gasteiger partial charge in [-0.3, -0.25) is 4.79 Å². The highest BCUT2D eigenvalue weighted by molar-refractivity contribution is 6.30. The van der Waals surface area contributed by atoms with Crippen LogP contribution in [0, 0.1) is 0 Å². The van der Waals surface area contributed by atoms with Crippen LogP contribution in [0.4, 0.5) is 5.69 Å². The summed E-state index contributed by atoms with van der Waals surface area (Å²) in [6.07, 6.45) is 0. The molecule has 0 spiro atoms. The summed E-state index contributed by atoms with van der Waals surface area (Å²) in [6, 6.07) is 13.7. The Morgan fingerprint density at radius 3 is 2.65 bits per heavy atom.